The molecule has 1 aromatic carbocycles. The number of hydrogen-bond donors (Lipinski definition) is 1. The Bertz CT molecular complexity index is 769. The van der Waals surface area contributed by atoms with Crippen LogP contribution < -0.4 is 11.3 Å². The molecule has 19 heavy (non-hydrogen) atoms. The Hall–Kier alpha value is -2.36. The van der Waals surface area contributed by atoms with Gasteiger partial charge in [-0.15, -0.1) is 0 Å². The Morgan fingerprint density at radius 1 is 1.32 bits per heavy atom. The molecule has 3 rings (SSSR count). The molecule has 0 atom stereocenters. The quantitative estimate of drug-likeness (QED) is 0.849. The fraction of sp³-hybridized carbons (Fsp3) is 0.200. The van der Waals surface area contributed by atoms with Crippen LogP contribution in [-0.4, -0.2) is 9.55 Å². The first-order chi connectivity index (χ1) is 9.16. The molecular formula is C15H15N3O. The zero-order chi connectivity index (χ0) is 13.4. The zero-order valence-corrected chi connectivity index (χ0v) is 10.8. The summed E-state index contributed by atoms with van der Waals surface area (Å²) in [5, 5.41) is 0.606. The summed E-state index contributed by atoms with van der Waals surface area (Å²) < 4.78 is 1.48. The first-order valence-corrected chi connectivity index (χ1v) is 6.33. The van der Waals surface area contributed by atoms with E-state index in [2.05, 4.69) is 4.98 Å². The summed E-state index contributed by atoms with van der Waals surface area (Å²) in [6, 6.07) is 5.61. The second-order valence-corrected chi connectivity index (χ2v) is 4.74. The number of nitrogens with two attached hydrogens (primary N) is 1. The van der Waals surface area contributed by atoms with Crippen LogP contribution in [0.3, 0.4) is 0 Å². The lowest BCUT2D eigenvalue weighted by Gasteiger charge is -2.13. The largest absolute Gasteiger partial charge is 0.369 e. The van der Waals surface area contributed by atoms with Gasteiger partial charge in [0, 0.05) is 5.70 Å². The third-order valence-electron chi connectivity index (χ3n) is 3.28. The van der Waals surface area contributed by atoms with E-state index in [9.17, 15) is 4.79 Å². The van der Waals surface area contributed by atoms with Gasteiger partial charge in [0.1, 0.15) is 0 Å². The summed E-state index contributed by atoms with van der Waals surface area (Å²) in [5.41, 5.74) is 8.32. The van der Waals surface area contributed by atoms with Gasteiger partial charge in [-0.2, -0.15) is 0 Å². The van der Waals surface area contributed by atoms with Crippen LogP contribution in [0.4, 0.5) is 5.95 Å². The molecular weight excluding hydrogens is 238 g/mol. The number of benzene rings is 1. The van der Waals surface area contributed by atoms with Gasteiger partial charge < -0.3 is 5.73 Å². The average Bonchev–Trinajstić information content (AvgIpc) is 2.41. The molecule has 2 N–H and O–H groups in total. The van der Waals surface area contributed by atoms with E-state index >= 15 is 0 Å². The van der Waals surface area contributed by atoms with Crippen molar-refractivity contribution in [3.63, 3.8) is 0 Å². The number of hydrogen-bond acceptors (Lipinski definition) is 3. The van der Waals surface area contributed by atoms with E-state index in [4.69, 9.17) is 5.73 Å². The smallest absolute Gasteiger partial charge is 0.267 e. The van der Waals surface area contributed by atoms with Crippen molar-refractivity contribution in [3.05, 3.63) is 52.3 Å². The topological polar surface area (TPSA) is 60.9 Å². The molecule has 0 radical (unpaired) electrons. The molecule has 96 valence electrons. The van der Waals surface area contributed by atoms with E-state index in [1.54, 1.807) is 0 Å². The predicted molar refractivity (Wildman–Crippen MR) is 77.8 cm³/mol. The Balaban J connectivity index is 2.33. The number of aryl methyl sites for hydroxylation is 1. The molecule has 0 fully saturated rings. The summed E-state index contributed by atoms with van der Waals surface area (Å²) in [6.07, 6.45) is 7.90. The van der Waals surface area contributed by atoms with Crippen LogP contribution in [0, 0.1) is 6.92 Å². The van der Waals surface area contributed by atoms with Crippen LogP contribution in [0.25, 0.3) is 16.6 Å². The predicted octanol–water partition coefficient (Wildman–Crippen LogP) is 2.48. The van der Waals surface area contributed by atoms with Crippen LogP contribution in [0.1, 0.15) is 18.4 Å². The van der Waals surface area contributed by atoms with Gasteiger partial charge in [-0.1, -0.05) is 23.8 Å². The highest BCUT2D eigenvalue weighted by atomic mass is 16.1. The Morgan fingerprint density at radius 2 is 2.16 bits per heavy atom. The van der Waals surface area contributed by atoms with Gasteiger partial charge in [0.2, 0.25) is 5.95 Å². The van der Waals surface area contributed by atoms with Crippen molar-refractivity contribution in [2.45, 2.75) is 19.8 Å². The van der Waals surface area contributed by atoms with Gasteiger partial charge in [-0.3, -0.25) is 4.79 Å². The minimum Gasteiger partial charge on any atom is -0.369 e. The van der Waals surface area contributed by atoms with Gasteiger partial charge in [0.05, 0.1) is 10.9 Å². The van der Waals surface area contributed by atoms with E-state index < -0.39 is 0 Å². The van der Waals surface area contributed by atoms with E-state index in [1.807, 2.05) is 43.4 Å². The second-order valence-electron chi connectivity index (χ2n) is 4.74. The Kier molecular flexibility index (Phi) is 2.71. The first-order valence-electron chi connectivity index (χ1n) is 6.33. The summed E-state index contributed by atoms with van der Waals surface area (Å²) in [6.45, 7) is 1.96. The number of nitrogens with zero attached hydrogens (tertiary/aromatic N) is 2. The normalized spacial score (nSPS) is 14.7. The number of aromatic nitrogens is 2. The number of rotatable bonds is 1. The molecule has 1 aromatic heterocycles. The number of allylic oxidation sites excluding steroid dienone is 4. The first kappa shape index (κ1) is 11.7. The minimum absolute atomic E-state index is 0.107. The Labute approximate surface area is 110 Å². The molecule has 1 aliphatic rings. The van der Waals surface area contributed by atoms with Crippen LogP contribution in [0.15, 0.2) is 41.2 Å². The highest BCUT2D eigenvalue weighted by molar-refractivity contribution is 5.81. The maximum Gasteiger partial charge on any atom is 0.267 e. The monoisotopic (exact) mass is 253 g/mol. The molecule has 0 unspecified atom stereocenters. The van der Waals surface area contributed by atoms with Crippen molar-refractivity contribution in [3.8, 4) is 0 Å². The number of nitrogen functional groups attached to an aromatic ring is 1. The van der Waals surface area contributed by atoms with E-state index in [-0.39, 0.29) is 11.5 Å². The van der Waals surface area contributed by atoms with E-state index in [0.717, 1.165) is 24.1 Å². The van der Waals surface area contributed by atoms with Crippen LogP contribution in [0.5, 0.6) is 0 Å². The van der Waals surface area contributed by atoms with Crippen molar-refractivity contribution >= 4 is 22.5 Å². The second kappa shape index (κ2) is 4.39. The molecule has 0 bridgehead atoms. The number of anilines is 1. The van der Waals surface area contributed by atoms with Crippen molar-refractivity contribution < 1.29 is 0 Å². The summed E-state index contributed by atoms with van der Waals surface area (Å²) >= 11 is 0. The van der Waals surface area contributed by atoms with Crippen molar-refractivity contribution in [2.24, 2.45) is 0 Å². The summed E-state index contributed by atoms with van der Waals surface area (Å²) in [7, 11) is 0. The van der Waals surface area contributed by atoms with Crippen molar-refractivity contribution in [1.82, 2.24) is 9.55 Å². The molecule has 2 aromatic rings. The fourth-order valence-corrected chi connectivity index (χ4v) is 2.33. The highest BCUT2D eigenvalue weighted by Gasteiger charge is 2.11. The molecule has 0 amide bonds. The SMILES string of the molecule is Cc1ccc2nc(N)n(C3=CCCC=C3)c(=O)c2c1. The lowest BCUT2D eigenvalue weighted by Crippen LogP contribution is -2.23. The van der Waals surface area contributed by atoms with Crippen molar-refractivity contribution in [2.75, 3.05) is 5.73 Å². The Morgan fingerprint density at radius 3 is 2.89 bits per heavy atom. The van der Waals surface area contributed by atoms with E-state index in [1.165, 1.54) is 4.57 Å². The van der Waals surface area contributed by atoms with Gasteiger partial charge in [-0.25, -0.2) is 9.55 Å². The zero-order valence-electron chi connectivity index (χ0n) is 10.8. The molecule has 1 aliphatic carbocycles. The standard InChI is InChI=1S/C15H15N3O/c1-10-7-8-13-12(9-10)14(19)18(15(16)17-13)11-5-3-2-4-6-11/h3,5-9H,2,4H2,1H3,(H2,16,17). The molecule has 0 saturated carbocycles. The molecule has 1 heterocycles. The third kappa shape index (κ3) is 1.95. The molecule has 4 nitrogen and oxygen atoms in total. The van der Waals surface area contributed by atoms with Gasteiger partial charge in [-0.05, 0) is 38.0 Å². The van der Waals surface area contributed by atoms with Gasteiger partial charge >= 0.3 is 0 Å². The average molecular weight is 253 g/mol. The van der Waals surface area contributed by atoms with Gasteiger partial charge in [0.25, 0.3) is 5.56 Å². The third-order valence-corrected chi connectivity index (χ3v) is 3.28. The lowest BCUT2D eigenvalue weighted by atomic mass is 10.1. The van der Waals surface area contributed by atoms with Crippen LogP contribution >= 0.6 is 0 Å². The van der Waals surface area contributed by atoms with Crippen LogP contribution in [-0.2, 0) is 0 Å². The molecule has 0 aliphatic heterocycles. The van der Waals surface area contributed by atoms with Crippen molar-refractivity contribution in [1.29, 1.82) is 0 Å². The molecule has 0 spiro atoms. The summed E-state index contributed by atoms with van der Waals surface area (Å²) in [4.78, 5) is 16.9. The lowest BCUT2D eigenvalue weighted by molar-refractivity contribution is 0.965. The minimum atomic E-state index is -0.107. The fourth-order valence-electron chi connectivity index (χ4n) is 2.33. The molecule has 4 heteroatoms. The maximum atomic E-state index is 12.6. The summed E-state index contributed by atoms with van der Waals surface area (Å²) in [5.74, 6) is 0.235. The highest BCUT2D eigenvalue weighted by Crippen LogP contribution is 2.18. The van der Waals surface area contributed by atoms with Gasteiger partial charge in [0.15, 0.2) is 0 Å². The number of fused-ring (bicyclic) bond motifs is 1. The maximum absolute atomic E-state index is 12.6. The molecule has 0 saturated heterocycles. The van der Waals surface area contributed by atoms with E-state index in [0.29, 0.717) is 10.9 Å². The van der Waals surface area contributed by atoms with Crippen LogP contribution in [0.2, 0.25) is 0 Å².